The van der Waals surface area contributed by atoms with E-state index in [0.717, 1.165) is 6.26 Å². The lowest BCUT2D eigenvalue weighted by molar-refractivity contribution is -0.144. The van der Waals surface area contributed by atoms with E-state index in [0.29, 0.717) is 0 Å². The molecule has 0 aliphatic rings. The second kappa shape index (κ2) is 4.57. The van der Waals surface area contributed by atoms with Gasteiger partial charge in [-0.2, -0.15) is 8.42 Å². The van der Waals surface area contributed by atoms with Gasteiger partial charge >= 0.3 is 15.3 Å². The second-order valence-corrected chi connectivity index (χ2v) is 3.69. The summed E-state index contributed by atoms with van der Waals surface area (Å²) in [6.45, 7) is 6.17. The SMILES string of the molecule is C=COC(CC)(OCC)S(=O)(=O)F. The van der Waals surface area contributed by atoms with Crippen LogP contribution in [-0.2, 0) is 19.7 Å². The molecule has 13 heavy (non-hydrogen) atoms. The maximum Gasteiger partial charge on any atom is 0.371 e. The molecule has 0 amide bonds. The fraction of sp³-hybridized carbons (Fsp3) is 0.714. The molecule has 0 aromatic heterocycles. The summed E-state index contributed by atoms with van der Waals surface area (Å²) >= 11 is 0. The van der Waals surface area contributed by atoms with Crippen molar-refractivity contribution in [2.24, 2.45) is 0 Å². The molecule has 6 heteroatoms. The van der Waals surface area contributed by atoms with Crippen LogP contribution in [0.4, 0.5) is 3.89 Å². The van der Waals surface area contributed by atoms with E-state index in [1.54, 1.807) is 6.92 Å². The van der Waals surface area contributed by atoms with Crippen LogP contribution in [0.1, 0.15) is 20.3 Å². The first kappa shape index (κ1) is 12.4. The summed E-state index contributed by atoms with van der Waals surface area (Å²) in [6, 6.07) is 0. The van der Waals surface area contributed by atoms with E-state index in [9.17, 15) is 12.3 Å². The van der Waals surface area contributed by atoms with Gasteiger partial charge in [0, 0.05) is 13.0 Å². The Morgan fingerprint density at radius 1 is 1.54 bits per heavy atom. The van der Waals surface area contributed by atoms with Crippen LogP contribution in [0.3, 0.4) is 0 Å². The van der Waals surface area contributed by atoms with Gasteiger partial charge in [0.1, 0.15) is 0 Å². The lowest BCUT2D eigenvalue weighted by Crippen LogP contribution is -2.40. The normalized spacial score (nSPS) is 16.2. The van der Waals surface area contributed by atoms with Crippen molar-refractivity contribution in [2.45, 2.75) is 25.4 Å². The van der Waals surface area contributed by atoms with Crippen LogP contribution < -0.4 is 0 Å². The number of rotatable bonds is 6. The lowest BCUT2D eigenvalue weighted by atomic mass is 10.4. The summed E-state index contributed by atoms with van der Waals surface area (Å²) in [5.41, 5.74) is 0. The average molecular weight is 212 g/mol. The van der Waals surface area contributed by atoms with Crippen molar-refractivity contribution < 1.29 is 21.8 Å². The van der Waals surface area contributed by atoms with E-state index in [1.807, 2.05) is 0 Å². The van der Waals surface area contributed by atoms with E-state index in [4.69, 9.17) is 4.74 Å². The standard InChI is InChI=1S/C7H13FO4S/c1-4-7(11-5-2,12-6-3)13(8,9)10/h5H,2,4,6H2,1,3H3. The Balaban J connectivity index is 4.97. The molecule has 0 fully saturated rings. The molecular weight excluding hydrogens is 199 g/mol. The van der Waals surface area contributed by atoms with E-state index in [1.165, 1.54) is 6.92 Å². The van der Waals surface area contributed by atoms with Crippen molar-refractivity contribution in [1.82, 2.24) is 0 Å². The Labute approximate surface area is 77.6 Å². The highest BCUT2D eigenvalue weighted by atomic mass is 32.3. The molecule has 0 aromatic carbocycles. The highest BCUT2D eigenvalue weighted by Gasteiger charge is 2.46. The van der Waals surface area contributed by atoms with Gasteiger partial charge in [0.2, 0.25) is 0 Å². The molecule has 0 saturated carbocycles. The van der Waals surface area contributed by atoms with Crippen molar-refractivity contribution in [3.63, 3.8) is 0 Å². The van der Waals surface area contributed by atoms with E-state index < -0.39 is 15.3 Å². The number of hydrogen-bond donors (Lipinski definition) is 0. The third kappa shape index (κ3) is 2.67. The van der Waals surface area contributed by atoms with Crippen molar-refractivity contribution in [3.8, 4) is 0 Å². The van der Waals surface area contributed by atoms with Gasteiger partial charge < -0.3 is 9.47 Å². The second-order valence-electron chi connectivity index (χ2n) is 2.19. The van der Waals surface area contributed by atoms with Gasteiger partial charge in [0.15, 0.2) is 0 Å². The zero-order valence-corrected chi connectivity index (χ0v) is 8.43. The molecule has 78 valence electrons. The summed E-state index contributed by atoms with van der Waals surface area (Å²) < 4.78 is 43.4. The first-order valence-corrected chi connectivity index (χ1v) is 5.18. The van der Waals surface area contributed by atoms with Crippen LogP contribution in [0.5, 0.6) is 0 Å². The van der Waals surface area contributed by atoms with Gasteiger partial charge in [-0.15, -0.1) is 0 Å². The van der Waals surface area contributed by atoms with Gasteiger partial charge in [-0.05, 0) is 6.92 Å². The molecule has 0 N–H and O–H groups in total. The van der Waals surface area contributed by atoms with Gasteiger partial charge in [-0.1, -0.05) is 17.4 Å². The zero-order valence-electron chi connectivity index (χ0n) is 7.62. The van der Waals surface area contributed by atoms with Crippen LogP contribution in [0, 0.1) is 0 Å². The largest absolute Gasteiger partial charge is 0.455 e. The third-order valence-corrected chi connectivity index (χ3v) is 2.68. The van der Waals surface area contributed by atoms with Crippen LogP contribution in [-0.4, -0.2) is 20.1 Å². The quantitative estimate of drug-likeness (QED) is 0.381. The average Bonchev–Trinajstić information content (AvgIpc) is 2.02. The predicted molar refractivity (Wildman–Crippen MR) is 46.0 cm³/mol. The molecule has 0 bridgehead atoms. The summed E-state index contributed by atoms with van der Waals surface area (Å²) in [5, 5.41) is -2.23. The number of ether oxygens (including phenoxy) is 2. The molecule has 0 rings (SSSR count). The molecule has 0 saturated heterocycles. The molecule has 0 heterocycles. The summed E-state index contributed by atoms with van der Waals surface area (Å²) in [4.78, 5) is 0. The molecule has 4 nitrogen and oxygen atoms in total. The van der Waals surface area contributed by atoms with Crippen molar-refractivity contribution in [3.05, 3.63) is 12.8 Å². The molecule has 0 radical (unpaired) electrons. The van der Waals surface area contributed by atoms with Gasteiger partial charge in [0.05, 0.1) is 6.26 Å². The number of hydrogen-bond acceptors (Lipinski definition) is 4. The summed E-state index contributed by atoms with van der Waals surface area (Å²) in [6.07, 6.45) is 0.696. The molecule has 0 aromatic rings. The van der Waals surface area contributed by atoms with E-state index in [2.05, 4.69) is 11.3 Å². The van der Waals surface area contributed by atoms with Crippen molar-refractivity contribution in [1.29, 1.82) is 0 Å². The molecule has 1 atom stereocenters. The Morgan fingerprint density at radius 2 is 2.08 bits per heavy atom. The minimum Gasteiger partial charge on any atom is -0.455 e. The number of halogens is 1. The topological polar surface area (TPSA) is 52.6 Å². The first-order chi connectivity index (χ1) is 5.93. The van der Waals surface area contributed by atoms with Crippen LogP contribution in [0.25, 0.3) is 0 Å². The monoisotopic (exact) mass is 212 g/mol. The molecular formula is C7H13FO4S. The van der Waals surface area contributed by atoms with Crippen LogP contribution in [0.2, 0.25) is 0 Å². The van der Waals surface area contributed by atoms with Crippen molar-refractivity contribution in [2.75, 3.05) is 6.61 Å². The Kier molecular flexibility index (Phi) is 4.35. The maximum atomic E-state index is 12.8. The highest BCUT2D eigenvalue weighted by molar-refractivity contribution is 7.87. The van der Waals surface area contributed by atoms with Crippen LogP contribution in [0.15, 0.2) is 12.8 Å². The Bertz CT molecular complexity index is 262. The van der Waals surface area contributed by atoms with Crippen LogP contribution >= 0.6 is 0 Å². The predicted octanol–water partition coefficient (Wildman–Crippen LogP) is 1.55. The fourth-order valence-electron chi connectivity index (χ4n) is 0.867. The first-order valence-electron chi connectivity index (χ1n) is 3.80. The zero-order chi connectivity index (χ0) is 10.5. The minimum absolute atomic E-state index is 0.0326. The van der Waals surface area contributed by atoms with Gasteiger partial charge in [0.25, 0.3) is 0 Å². The molecule has 1 unspecified atom stereocenters. The minimum atomic E-state index is -4.92. The molecule has 0 aliphatic heterocycles. The summed E-state index contributed by atoms with van der Waals surface area (Å²) in [5.74, 6) is 0. The Morgan fingerprint density at radius 3 is 2.31 bits per heavy atom. The smallest absolute Gasteiger partial charge is 0.371 e. The lowest BCUT2D eigenvalue weighted by Gasteiger charge is -2.26. The third-order valence-electron chi connectivity index (χ3n) is 1.43. The maximum absolute atomic E-state index is 12.8. The van der Waals surface area contributed by atoms with E-state index >= 15 is 0 Å². The van der Waals surface area contributed by atoms with Gasteiger partial charge in [-0.25, -0.2) is 0 Å². The fourth-order valence-corrected chi connectivity index (χ4v) is 1.65. The molecule has 0 aliphatic carbocycles. The highest BCUT2D eigenvalue weighted by Crippen LogP contribution is 2.27. The summed E-state index contributed by atoms with van der Waals surface area (Å²) in [7, 11) is -4.92. The van der Waals surface area contributed by atoms with E-state index in [-0.39, 0.29) is 13.0 Å². The van der Waals surface area contributed by atoms with Crippen molar-refractivity contribution >= 4 is 10.2 Å². The Hall–Kier alpha value is -0.620. The van der Waals surface area contributed by atoms with Gasteiger partial charge in [-0.3, -0.25) is 0 Å². The molecule has 0 spiro atoms.